The summed E-state index contributed by atoms with van der Waals surface area (Å²) in [4.78, 5) is 72.1. The average molecular weight is 1150 g/mol. The Kier molecular flexibility index (Phi) is 17.6. The Labute approximate surface area is 488 Å². The molecule has 4 amide bonds. The normalized spacial score (nSPS) is 19.5. The zero-order valence-corrected chi connectivity index (χ0v) is 49.1. The zero-order valence-electron chi connectivity index (χ0n) is 47.6. The number of carbonyl (C=O) groups excluding carboxylic acids is 4. The van der Waals surface area contributed by atoms with E-state index >= 15 is 0 Å². The molecule has 82 heavy (non-hydrogen) atoms. The molecule has 0 bridgehead atoms. The van der Waals surface area contributed by atoms with E-state index in [4.69, 9.17) is 42.6 Å². The molecule has 10 rings (SSSR count). The molecule has 428 valence electrons. The summed E-state index contributed by atoms with van der Waals surface area (Å²) in [6, 6.07) is 30.0. The van der Waals surface area contributed by atoms with Crippen molar-refractivity contribution in [3.8, 4) is 11.3 Å². The van der Waals surface area contributed by atoms with Gasteiger partial charge in [0, 0.05) is 73.9 Å². The first-order chi connectivity index (χ1) is 39.0. The molecule has 3 aromatic heterocycles. The maximum atomic E-state index is 13.1. The minimum atomic E-state index is -0.592. The number of H-pyrrole nitrogens is 1. The molecule has 4 unspecified atom stereocenters. The minimum Gasteiger partial charge on any atom is -0.444 e. The molecule has 7 N–H and O–H groups in total. The molecule has 0 radical (unpaired) electrons. The van der Waals surface area contributed by atoms with Crippen LogP contribution in [0.5, 0.6) is 0 Å². The van der Waals surface area contributed by atoms with E-state index in [1.807, 2.05) is 42.6 Å². The summed E-state index contributed by atoms with van der Waals surface area (Å²) in [7, 11) is 0. The van der Waals surface area contributed by atoms with E-state index in [-0.39, 0.29) is 23.9 Å². The Hall–Kier alpha value is -8.02. The summed E-state index contributed by atoms with van der Waals surface area (Å²) in [5.74, 6) is 0.710. The van der Waals surface area contributed by atoms with E-state index in [2.05, 4.69) is 78.9 Å². The molecule has 2 saturated carbocycles. The van der Waals surface area contributed by atoms with E-state index in [0.717, 1.165) is 84.7 Å². The van der Waals surface area contributed by atoms with Crippen LogP contribution in [0.15, 0.2) is 122 Å². The van der Waals surface area contributed by atoms with Gasteiger partial charge >= 0.3 is 12.2 Å². The Balaban J connectivity index is 0.000000198. The highest BCUT2D eigenvalue weighted by Gasteiger charge is 2.36. The van der Waals surface area contributed by atoms with Gasteiger partial charge in [0.15, 0.2) is 0 Å². The summed E-state index contributed by atoms with van der Waals surface area (Å²) in [6.07, 6.45) is 14.1. The fraction of sp³-hybridized carbons (Fsp3) is 0.365. The topological polar surface area (TPSA) is 226 Å². The third-order valence-electron chi connectivity index (χ3n) is 14.5. The zero-order chi connectivity index (χ0) is 58.4. The van der Waals surface area contributed by atoms with E-state index in [1.54, 1.807) is 102 Å². The Bertz CT molecular complexity index is 3500. The lowest BCUT2D eigenvalue weighted by molar-refractivity contribution is 0.0624. The molecule has 0 aliphatic heterocycles. The van der Waals surface area contributed by atoms with E-state index < -0.39 is 34.5 Å². The molecule has 19 heteroatoms. The molecule has 0 spiro atoms. The summed E-state index contributed by atoms with van der Waals surface area (Å²) >= 11 is 13.0. The van der Waals surface area contributed by atoms with Gasteiger partial charge in [-0.15, -0.1) is 0 Å². The van der Waals surface area contributed by atoms with Crippen molar-refractivity contribution in [3.05, 3.63) is 160 Å². The van der Waals surface area contributed by atoms with E-state index in [9.17, 15) is 19.2 Å². The van der Waals surface area contributed by atoms with Gasteiger partial charge in [0.2, 0.25) is 11.9 Å². The quantitative estimate of drug-likeness (QED) is 0.0607. The van der Waals surface area contributed by atoms with Crippen molar-refractivity contribution in [2.75, 3.05) is 21.3 Å². The highest BCUT2D eigenvalue weighted by atomic mass is 35.5. The minimum absolute atomic E-state index is 0.0754. The van der Waals surface area contributed by atoms with Crippen LogP contribution in [-0.4, -0.2) is 83.3 Å². The predicted molar refractivity (Wildman–Crippen MR) is 325 cm³/mol. The molecule has 7 aromatic rings. The first-order valence-corrected chi connectivity index (χ1v) is 28.5. The van der Waals surface area contributed by atoms with Crippen LogP contribution in [-0.2, 0) is 15.9 Å². The van der Waals surface area contributed by atoms with Gasteiger partial charge in [-0.2, -0.15) is 0 Å². The summed E-state index contributed by atoms with van der Waals surface area (Å²) in [5, 5.41) is 20.8. The van der Waals surface area contributed by atoms with Crippen molar-refractivity contribution in [1.29, 1.82) is 0 Å². The number of allylic oxidation sites excluding steroid dienone is 1. The van der Waals surface area contributed by atoms with Gasteiger partial charge in [0.25, 0.3) is 11.8 Å². The van der Waals surface area contributed by atoms with Gasteiger partial charge < -0.3 is 35.7 Å². The summed E-state index contributed by atoms with van der Waals surface area (Å²) in [6.45, 7) is 15.0. The number of benzene rings is 4. The third-order valence-corrected chi connectivity index (χ3v) is 15.0. The largest absolute Gasteiger partial charge is 0.444 e. The molecular weight excluding hydrogens is 1080 g/mol. The maximum absolute atomic E-state index is 13.1. The second-order valence-electron chi connectivity index (χ2n) is 23.8. The first-order valence-electron chi connectivity index (χ1n) is 27.7. The van der Waals surface area contributed by atoms with Gasteiger partial charge in [-0.1, -0.05) is 71.7 Å². The molecule has 2 fully saturated rings. The van der Waals surface area contributed by atoms with E-state index in [1.165, 1.54) is 5.56 Å². The number of aromatic amines is 1. The molecular formula is C63H71Cl2N11O6. The second kappa shape index (κ2) is 24.6. The molecule has 3 heterocycles. The number of hydrogen-bond acceptors (Lipinski definition) is 12. The third kappa shape index (κ3) is 15.3. The number of amides is 4. The van der Waals surface area contributed by atoms with Crippen LogP contribution in [0.2, 0.25) is 10.0 Å². The fourth-order valence-corrected chi connectivity index (χ4v) is 11.2. The second-order valence-corrected chi connectivity index (χ2v) is 24.6. The van der Waals surface area contributed by atoms with Gasteiger partial charge in [0.05, 0.1) is 33.8 Å². The number of fused-ring (bicyclic) bond motifs is 2. The van der Waals surface area contributed by atoms with Gasteiger partial charge in [-0.05, 0) is 179 Å². The molecule has 3 aliphatic carbocycles. The van der Waals surface area contributed by atoms with Crippen LogP contribution < -0.4 is 31.9 Å². The number of aromatic nitrogens is 5. The van der Waals surface area contributed by atoms with Crippen LogP contribution in [0.1, 0.15) is 144 Å². The lowest BCUT2D eigenvalue weighted by atomic mass is 9.80. The molecule has 0 saturated heterocycles. The number of para-hydroxylation sites is 1. The van der Waals surface area contributed by atoms with Crippen molar-refractivity contribution >= 4 is 87.0 Å². The van der Waals surface area contributed by atoms with Crippen LogP contribution in [0.4, 0.5) is 32.9 Å². The number of hydrogen-bond donors (Lipinski definition) is 7. The highest BCUT2D eigenvalue weighted by molar-refractivity contribution is 6.33. The number of halogens is 2. The number of nitrogens with zero attached hydrogens (tertiary/aromatic N) is 4. The number of nitrogens with one attached hydrogen (secondary N) is 7. The molecule has 17 nitrogen and oxygen atoms in total. The lowest BCUT2D eigenvalue weighted by Gasteiger charge is -2.39. The van der Waals surface area contributed by atoms with Crippen LogP contribution >= 0.6 is 23.2 Å². The average Bonchev–Trinajstić information content (AvgIpc) is 4.26. The lowest BCUT2D eigenvalue weighted by Crippen LogP contribution is -2.51. The van der Waals surface area contributed by atoms with Gasteiger partial charge in [-0.3, -0.25) is 20.2 Å². The Morgan fingerprint density at radius 1 is 0.610 bits per heavy atom. The van der Waals surface area contributed by atoms with Crippen LogP contribution in [0.3, 0.4) is 0 Å². The van der Waals surface area contributed by atoms with Crippen molar-refractivity contribution in [1.82, 2.24) is 35.6 Å². The van der Waals surface area contributed by atoms with Crippen molar-refractivity contribution in [3.63, 3.8) is 0 Å². The monoisotopic (exact) mass is 1150 g/mol. The summed E-state index contributed by atoms with van der Waals surface area (Å²) in [5.41, 5.74) is 6.93. The molecule has 4 atom stereocenters. The smallest absolute Gasteiger partial charge is 0.412 e. The number of ether oxygens (including phenoxy) is 2. The van der Waals surface area contributed by atoms with Crippen LogP contribution in [0, 0.1) is 0 Å². The standard InChI is InChI=1S/C32H36ClN5O3.C31H35ClN6O3/c1-31(2,3)41-30(40)36-22-14-11-21(12-15-22)28(39)38-32(4)17-7-9-23(18-32)35-29-34-19-26(33)27(37-29)25-16-13-20-8-5-6-10-24(20)25;1-30(2,3)41-29(40)36-20-13-11-19(12-14-20)27(39)38-31(4)15-7-8-21(16-31)35-28-34-18-24(32)26(37-28)23-17-33-25-10-6-5-9-22(23)25/h5-6,8,10-12,14-16,19,23H,7,9,13,17-18H2,1-4H3,(H,36,40)(H,38,39)(H,34,35,37);5-6,9-14,17-18,21,33H,7-8,15-16H2,1-4H3,(H,36,40)(H,38,39)(H,34,35,37). The highest BCUT2D eigenvalue weighted by Crippen LogP contribution is 2.37. The summed E-state index contributed by atoms with van der Waals surface area (Å²) < 4.78 is 10.6. The predicted octanol–water partition coefficient (Wildman–Crippen LogP) is 14.2. The van der Waals surface area contributed by atoms with Gasteiger partial charge in [0.1, 0.15) is 11.2 Å². The van der Waals surface area contributed by atoms with Crippen LogP contribution in [0.25, 0.3) is 27.7 Å². The SMILES string of the molecule is CC1(NC(=O)c2ccc(NC(=O)OC(C)(C)C)cc2)CCCC(Nc2ncc(Cl)c(-c3c[nH]c4ccccc34)n2)C1.CC1(NC(=O)c2ccc(NC(=O)OC(C)(C)C)cc2)CCCC(Nc2ncc(Cl)c(C3=CCc4ccccc43)n2)C1. The number of carbonyl (C=O) groups is 4. The number of anilines is 4. The Morgan fingerprint density at radius 3 is 1.61 bits per heavy atom. The van der Waals surface area contributed by atoms with Crippen molar-refractivity contribution < 1.29 is 28.7 Å². The fourth-order valence-electron chi connectivity index (χ4n) is 10.8. The van der Waals surface area contributed by atoms with Crippen molar-refractivity contribution in [2.24, 2.45) is 0 Å². The van der Waals surface area contributed by atoms with Crippen molar-refractivity contribution in [2.45, 2.75) is 148 Å². The maximum Gasteiger partial charge on any atom is 0.412 e. The first kappa shape index (κ1) is 58.6. The van der Waals surface area contributed by atoms with E-state index in [0.29, 0.717) is 56.6 Å². The van der Waals surface area contributed by atoms with Gasteiger partial charge in [-0.25, -0.2) is 29.5 Å². The molecule has 3 aliphatic rings. The number of rotatable bonds is 12. The molecule has 4 aromatic carbocycles. The Morgan fingerprint density at radius 2 is 1.09 bits per heavy atom.